The SMILES string of the molecule is O=C1CCSC2=NC3=C(CCc4ccccc43)C(c3ccccc3)N12. The van der Waals surface area contributed by atoms with Gasteiger partial charge in [0.25, 0.3) is 0 Å². The average molecular weight is 346 g/mol. The zero-order valence-corrected chi connectivity index (χ0v) is 14.6. The summed E-state index contributed by atoms with van der Waals surface area (Å²) < 4.78 is 0. The number of fused-ring (bicyclic) bond motifs is 3. The molecule has 0 saturated carbocycles. The lowest BCUT2D eigenvalue weighted by molar-refractivity contribution is -0.128. The van der Waals surface area contributed by atoms with Gasteiger partial charge >= 0.3 is 0 Å². The van der Waals surface area contributed by atoms with Crippen LogP contribution in [0, 0.1) is 0 Å². The molecule has 25 heavy (non-hydrogen) atoms. The minimum Gasteiger partial charge on any atom is -0.280 e. The molecule has 3 aliphatic rings. The Bertz CT molecular complexity index is 917. The third-order valence-corrected chi connectivity index (χ3v) is 6.13. The molecule has 5 rings (SSSR count). The number of aryl methyl sites for hydroxylation is 1. The first-order valence-corrected chi connectivity index (χ1v) is 9.71. The molecule has 124 valence electrons. The largest absolute Gasteiger partial charge is 0.280 e. The summed E-state index contributed by atoms with van der Waals surface area (Å²) in [6.45, 7) is 0. The molecule has 4 heteroatoms. The van der Waals surface area contributed by atoms with Gasteiger partial charge in [0.1, 0.15) is 0 Å². The zero-order valence-electron chi connectivity index (χ0n) is 13.8. The Hall–Kier alpha value is -2.33. The van der Waals surface area contributed by atoms with Crippen molar-refractivity contribution in [1.82, 2.24) is 4.90 Å². The van der Waals surface area contributed by atoms with Crippen molar-refractivity contribution >= 4 is 28.5 Å². The topological polar surface area (TPSA) is 32.7 Å². The molecule has 2 heterocycles. The van der Waals surface area contributed by atoms with E-state index in [9.17, 15) is 4.79 Å². The van der Waals surface area contributed by atoms with Gasteiger partial charge in [-0.1, -0.05) is 66.4 Å². The molecular formula is C21H18N2OS. The molecule has 1 aliphatic carbocycles. The number of hydrogen-bond donors (Lipinski definition) is 0. The summed E-state index contributed by atoms with van der Waals surface area (Å²) >= 11 is 1.70. The normalized spacial score (nSPS) is 22.1. The van der Waals surface area contributed by atoms with Crippen LogP contribution in [0.2, 0.25) is 0 Å². The van der Waals surface area contributed by atoms with Crippen molar-refractivity contribution in [2.24, 2.45) is 4.99 Å². The third-order valence-electron chi connectivity index (χ3n) is 5.17. The quantitative estimate of drug-likeness (QED) is 0.766. The van der Waals surface area contributed by atoms with Crippen molar-refractivity contribution < 1.29 is 4.79 Å². The van der Waals surface area contributed by atoms with E-state index in [2.05, 4.69) is 48.5 Å². The van der Waals surface area contributed by atoms with Gasteiger partial charge in [0, 0.05) is 17.7 Å². The number of amides is 1. The maximum Gasteiger partial charge on any atom is 0.230 e. The maximum absolute atomic E-state index is 12.7. The van der Waals surface area contributed by atoms with E-state index in [4.69, 9.17) is 4.99 Å². The van der Waals surface area contributed by atoms with Gasteiger partial charge in [0.15, 0.2) is 5.17 Å². The highest BCUT2D eigenvalue weighted by Crippen LogP contribution is 2.46. The van der Waals surface area contributed by atoms with Crippen LogP contribution in [0.25, 0.3) is 5.70 Å². The Morgan fingerprint density at radius 3 is 2.64 bits per heavy atom. The van der Waals surface area contributed by atoms with Crippen molar-refractivity contribution in [3.05, 3.63) is 76.9 Å². The molecule has 2 aliphatic heterocycles. The lowest BCUT2D eigenvalue weighted by atomic mass is 9.82. The number of aliphatic imine (C=N–C) groups is 1. The number of rotatable bonds is 1. The molecule has 0 radical (unpaired) electrons. The standard InChI is InChI=1S/C21H18N2OS/c24-18-12-13-25-21-22-19-16-9-5-4-6-14(16)10-11-17(19)20(23(18)21)15-7-2-1-3-8-15/h1-9,20H,10-13H2. The molecule has 1 fully saturated rings. The Morgan fingerprint density at radius 2 is 1.76 bits per heavy atom. The summed E-state index contributed by atoms with van der Waals surface area (Å²) in [5.74, 6) is 1.01. The molecule has 0 aromatic heterocycles. The molecule has 1 unspecified atom stereocenters. The highest BCUT2D eigenvalue weighted by molar-refractivity contribution is 8.14. The molecule has 0 bridgehead atoms. The fourth-order valence-electron chi connectivity index (χ4n) is 4.03. The molecule has 0 N–H and O–H groups in total. The maximum atomic E-state index is 12.7. The Morgan fingerprint density at radius 1 is 0.960 bits per heavy atom. The van der Waals surface area contributed by atoms with E-state index in [0.717, 1.165) is 29.5 Å². The van der Waals surface area contributed by atoms with Crippen LogP contribution in [-0.2, 0) is 11.2 Å². The first-order valence-electron chi connectivity index (χ1n) is 8.73. The fraction of sp³-hybridized carbons (Fsp3) is 0.238. The molecule has 1 saturated heterocycles. The second-order valence-corrected chi connectivity index (χ2v) is 7.66. The monoisotopic (exact) mass is 346 g/mol. The molecule has 0 spiro atoms. The van der Waals surface area contributed by atoms with E-state index in [1.807, 2.05) is 11.0 Å². The van der Waals surface area contributed by atoms with E-state index >= 15 is 0 Å². The van der Waals surface area contributed by atoms with Crippen LogP contribution in [-0.4, -0.2) is 21.7 Å². The molecule has 2 aromatic carbocycles. The minimum atomic E-state index is -0.0163. The molecule has 3 nitrogen and oxygen atoms in total. The van der Waals surface area contributed by atoms with Crippen molar-refractivity contribution in [2.45, 2.75) is 25.3 Å². The number of benzene rings is 2. The second kappa shape index (κ2) is 5.88. The third kappa shape index (κ3) is 2.35. The first kappa shape index (κ1) is 15.0. The number of carbonyl (C=O) groups is 1. The van der Waals surface area contributed by atoms with Crippen LogP contribution >= 0.6 is 11.8 Å². The van der Waals surface area contributed by atoms with Gasteiger partial charge in [0.05, 0.1) is 11.7 Å². The summed E-state index contributed by atoms with van der Waals surface area (Å²) in [5, 5.41) is 0.862. The fourth-order valence-corrected chi connectivity index (χ4v) is 4.99. The summed E-state index contributed by atoms with van der Waals surface area (Å²) in [6.07, 6.45) is 2.56. The highest BCUT2D eigenvalue weighted by Gasteiger charge is 2.40. The Labute approximate surface area is 151 Å². The van der Waals surface area contributed by atoms with Gasteiger partial charge < -0.3 is 0 Å². The van der Waals surface area contributed by atoms with Crippen LogP contribution in [0.5, 0.6) is 0 Å². The minimum absolute atomic E-state index is 0.0163. The predicted octanol–water partition coefficient (Wildman–Crippen LogP) is 4.42. The van der Waals surface area contributed by atoms with Gasteiger partial charge in [-0.2, -0.15) is 0 Å². The highest BCUT2D eigenvalue weighted by atomic mass is 32.2. The number of nitrogens with zero attached hydrogens (tertiary/aromatic N) is 2. The van der Waals surface area contributed by atoms with Crippen molar-refractivity contribution in [1.29, 1.82) is 0 Å². The summed E-state index contributed by atoms with van der Waals surface area (Å²) in [6, 6.07) is 18.9. The first-order chi connectivity index (χ1) is 12.3. The van der Waals surface area contributed by atoms with Gasteiger partial charge in [0.2, 0.25) is 5.91 Å². The molecule has 2 aromatic rings. The van der Waals surface area contributed by atoms with Gasteiger partial charge in [-0.15, -0.1) is 0 Å². The number of thioether (sulfide) groups is 1. The van der Waals surface area contributed by atoms with Crippen molar-refractivity contribution in [3.8, 4) is 0 Å². The van der Waals surface area contributed by atoms with Crippen LogP contribution in [0.15, 0.2) is 65.2 Å². The lowest BCUT2D eigenvalue weighted by Crippen LogP contribution is -2.45. The summed E-state index contributed by atoms with van der Waals surface area (Å²) in [7, 11) is 0. The van der Waals surface area contributed by atoms with Gasteiger partial charge in [-0.25, -0.2) is 4.99 Å². The van der Waals surface area contributed by atoms with Gasteiger partial charge in [-0.3, -0.25) is 9.69 Å². The van der Waals surface area contributed by atoms with E-state index in [-0.39, 0.29) is 11.9 Å². The Kier molecular flexibility index (Phi) is 3.52. The Balaban J connectivity index is 1.74. The number of amidine groups is 1. The van der Waals surface area contributed by atoms with E-state index in [1.165, 1.54) is 22.3 Å². The second-order valence-electron chi connectivity index (χ2n) is 6.60. The smallest absolute Gasteiger partial charge is 0.230 e. The van der Waals surface area contributed by atoms with E-state index in [1.54, 1.807) is 11.8 Å². The van der Waals surface area contributed by atoms with Crippen LogP contribution in [0.1, 0.15) is 35.6 Å². The van der Waals surface area contributed by atoms with E-state index in [0.29, 0.717) is 6.42 Å². The number of carbonyl (C=O) groups excluding carboxylic acids is 1. The predicted molar refractivity (Wildman–Crippen MR) is 102 cm³/mol. The summed E-state index contributed by atoms with van der Waals surface area (Å²) in [4.78, 5) is 19.6. The summed E-state index contributed by atoms with van der Waals surface area (Å²) in [5.41, 5.74) is 6.14. The van der Waals surface area contributed by atoms with Crippen LogP contribution < -0.4 is 0 Å². The molecule has 1 atom stereocenters. The van der Waals surface area contributed by atoms with Crippen molar-refractivity contribution in [3.63, 3.8) is 0 Å². The number of hydrogen-bond acceptors (Lipinski definition) is 3. The molecular weight excluding hydrogens is 328 g/mol. The molecule has 1 amide bonds. The van der Waals surface area contributed by atoms with E-state index < -0.39 is 0 Å². The van der Waals surface area contributed by atoms with Crippen LogP contribution in [0.3, 0.4) is 0 Å². The van der Waals surface area contributed by atoms with Crippen molar-refractivity contribution in [2.75, 3.05) is 5.75 Å². The average Bonchev–Trinajstić information content (AvgIpc) is 2.67. The lowest BCUT2D eigenvalue weighted by Gasteiger charge is -2.41. The van der Waals surface area contributed by atoms with Crippen LogP contribution in [0.4, 0.5) is 0 Å². The van der Waals surface area contributed by atoms with Gasteiger partial charge in [-0.05, 0) is 29.5 Å². The zero-order chi connectivity index (χ0) is 16.8.